The van der Waals surface area contributed by atoms with Crippen molar-refractivity contribution in [2.24, 2.45) is 5.92 Å². The third-order valence-electron chi connectivity index (χ3n) is 2.45. The first-order valence-electron chi connectivity index (χ1n) is 6.20. The highest BCUT2D eigenvalue weighted by molar-refractivity contribution is 5.81. The number of unbranched alkanes of at least 4 members (excludes halogenated alkanes) is 1. The standard InChI is InChI=1S/C12H26N2O2/c1-10(2)6-8-14-12(16)11(3)13-7-4-5-9-15/h10-11,13,15H,4-9H2,1-3H3,(H,14,16). The Bertz CT molecular complexity index is 184. The van der Waals surface area contributed by atoms with Gasteiger partial charge in [0.05, 0.1) is 6.04 Å². The molecule has 0 aromatic heterocycles. The van der Waals surface area contributed by atoms with Crippen molar-refractivity contribution in [1.29, 1.82) is 0 Å². The number of rotatable bonds is 9. The van der Waals surface area contributed by atoms with Crippen LogP contribution in [-0.4, -0.2) is 36.8 Å². The summed E-state index contributed by atoms with van der Waals surface area (Å²) in [4.78, 5) is 11.6. The fraction of sp³-hybridized carbons (Fsp3) is 0.917. The number of carbonyl (C=O) groups excluding carboxylic acids is 1. The lowest BCUT2D eigenvalue weighted by Crippen LogP contribution is -2.43. The summed E-state index contributed by atoms with van der Waals surface area (Å²) in [5, 5.41) is 14.6. The molecule has 16 heavy (non-hydrogen) atoms. The van der Waals surface area contributed by atoms with E-state index in [9.17, 15) is 4.79 Å². The molecule has 0 fully saturated rings. The van der Waals surface area contributed by atoms with Crippen LogP contribution in [0.2, 0.25) is 0 Å². The van der Waals surface area contributed by atoms with E-state index in [1.54, 1.807) is 0 Å². The normalized spacial score (nSPS) is 12.8. The number of hydrogen-bond acceptors (Lipinski definition) is 3. The summed E-state index contributed by atoms with van der Waals surface area (Å²) >= 11 is 0. The highest BCUT2D eigenvalue weighted by Crippen LogP contribution is 1.96. The largest absolute Gasteiger partial charge is 0.396 e. The maximum Gasteiger partial charge on any atom is 0.236 e. The van der Waals surface area contributed by atoms with Gasteiger partial charge in [-0.2, -0.15) is 0 Å². The molecule has 0 rings (SSSR count). The fourth-order valence-electron chi connectivity index (χ4n) is 1.29. The van der Waals surface area contributed by atoms with Gasteiger partial charge in [-0.1, -0.05) is 13.8 Å². The lowest BCUT2D eigenvalue weighted by atomic mass is 10.1. The average Bonchev–Trinajstić information content (AvgIpc) is 2.23. The highest BCUT2D eigenvalue weighted by atomic mass is 16.2. The average molecular weight is 230 g/mol. The van der Waals surface area contributed by atoms with E-state index in [-0.39, 0.29) is 18.6 Å². The molecule has 1 atom stereocenters. The van der Waals surface area contributed by atoms with E-state index in [4.69, 9.17) is 5.11 Å². The molecule has 3 N–H and O–H groups in total. The maximum absolute atomic E-state index is 11.6. The molecule has 4 nitrogen and oxygen atoms in total. The van der Waals surface area contributed by atoms with E-state index in [1.807, 2.05) is 6.92 Å². The summed E-state index contributed by atoms with van der Waals surface area (Å²) in [5.74, 6) is 0.678. The lowest BCUT2D eigenvalue weighted by Gasteiger charge is -2.14. The molecule has 0 saturated carbocycles. The van der Waals surface area contributed by atoms with Crippen LogP contribution >= 0.6 is 0 Å². The van der Waals surface area contributed by atoms with Gasteiger partial charge in [-0.15, -0.1) is 0 Å². The second-order valence-electron chi connectivity index (χ2n) is 4.58. The van der Waals surface area contributed by atoms with Crippen molar-refractivity contribution in [3.05, 3.63) is 0 Å². The molecule has 0 saturated heterocycles. The Balaban J connectivity index is 3.49. The van der Waals surface area contributed by atoms with E-state index in [0.29, 0.717) is 5.92 Å². The molecule has 0 radical (unpaired) electrons. The third kappa shape index (κ3) is 8.68. The van der Waals surface area contributed by atoms with Crippen LogP contribution in [0.3, 0.4) is 0 Å². The van der Waals surface area contributed by atoms with E-state index < -0.39 is 0 Å². The number of nitrogens with one attached hydrogen (secondary N) is 2. The molecule has 0 heterocycles. The number of amides is 1. The van der Waals surface area contributed by atoms with Gasteiger partial charge in [0.15, 0.2) is 0 Å². The molecule has 0 aromatic rings. The summed E-state index contributed by atoms with van der Waals surface area (Å²) in [6.45, 7) is 7.89. The quantitative estimate of drug-likeness (QED) is 0.516. The zero-order valence-corrected chi connectivity index (χ0v) is 10.8. The van der Waals surface area contributed by atoms with Crippen LogP contribution in [0.1, 0.15) is 40.0 Å². The summed E-state index contributed by atoms with van der Waals surface area (Å²) in [7, 11) is 0. The van der Waals surface area contributed by atoms with Crippen molar-refractivity contribution in [2.45, 2.75) is 46.1 Å². The van der Waals surface area contributed by atoms with Gasteiger partial charge in [0.25, 0.3) is 0 Å². The van der Waals surface area contributed by atoms with Crippen LogP contribution in [0.15, 0.2) is 0 Å². The lowest BCUT2D eigenvalue weighted by molar-refractivity contribution is -0.122. The van der Waals surface area contributed by atoms with E-state index in [1.165, 1.54) is 0 Å². The first kappa shape index (κ1) is 15.4. The fourth-order valence-corrected chi connectivity index (χ4v) is 1.29. The third-order valence-corrected chi connectivity index (χ3v) is 2.45. The van der Waals surface area contributed by atoms with Gasteiger partial charge in [0, 0.05) is 13.2 Å². The second-order valence-corrected chi connectivity index (χ2v) is 4.58. The molecular weight excluding hydrogens is 204 g/mol. The Labute approximate surface area is 98.8 Å². The SMILES string of the molecule is CC(C)CCNC(=O)C(C)NCCCCO. The molecular formula is C12H26N2O2. The number of carbonyl (C=O) groups is 1. The van der Waals surface area contributed by atoms with Gasteiger partial charge in [-0.05, 0) is 38.6 Å². The summed E-state index contributed by atoms with van der Waals surface area (Å²) < 4.78 is 0. The minimum absolute atomic E-state index is 0.0599. The maximum atomic E-state index is 11.6. The molecule has 0 aliphatic rings. The molecule has 4 heteroatoms. The molecule has 1 unspecified atom stereocenters. The molecule has 0 bridgehead atoms. The van der Waals surface area contributed by atoms with Gasteiger partial charge in [0.2, 0.25) is 5.91 Å². The Kier molecular flexibility index (Phi) is 9.24. The van der Waals surface area contributed by atoms with Gasteiger partial charge < -0.3 is 15.7 Å². The van der Waals surface area contributed by atoms with Crippen LogP contribution in [-0.2, 0) is 4.79 Å². The Morgan fingerprint density at radius 3 is 2.44 bits per heavy atom. The Morgan fingerprint density at radius 2 is 1.88 bits per heavy atom. The smallest absolute Gasteiger partial charge is 0.236 e. The second kappa shape index (κ2) is 9.60. The predicted octanol–water partition coefficient (Wildman–Crippen LogP) is 0.899. The monoisotopic (exact) mass is 230 g/mol. The van der Waals surface area contributed by atoms with Crippen LogP contribution in [0, 0.1) is 5.92 Å². The van der Waals surface area contributed by atoms with Crippen LogP contribution in [0.5, 0.6) is 0 Å². The van der Waals surface area contributed by atoms with Crippen molar-refractivity contribution >= 4 is 5.91 Å². The van der Waals surface area contributed by atoms with Gasteiger partial charge in [-0.25, -0.2) is 0 Å². The molecule has 1 amide bonds. The Hall–Kier alpha value is -0.610. The zero-order valence-electron chi connectivity index (χ0n) is 10.8. The summed E-state index contributed by atoms with van der Waals surface area (Å²) in [5.41, 5.74) is 0. The van der Waals surface area contributed by atoms with E-state index >= 15 is 0 Å². The van der Waals surface area contributed by atoms with Crippen molar-refractivity contribution < 1.29 is 9.90 Å². The molecule has 0 spiro atoms. The molecule has 0 aromatic carbocycles. The summed E-state index contributed by atoms with van der Waals surface area (Å²) in [6.07, 6.45) is 2.71. The van der Waals surface area contributed by atoms with Gasteiger partial charge in [-0.3, -0.25) is 4.79 Å². The molecule has 0 aliphatic carbocycles. The minimum atomic E-state index is -0.147. The van der Waals surface area contributed by atoms with Crippen LogP contribution < -0.4 is 10.6 Å². The topological polar surface area (TPSA) is 61.4 Å². The Morgan fingerprint density at radius 1 is 1.19 bits per heavy atom. The van der Waals surface area contributed by atoms with E-state index in [0.717, 1.165) is 32.4 Å². The number of hydrogen-bond donors (Lipinski definition) is 3. The first-order valence-corrected chi connectivity index (χ1v) is 6.20. The number of aliphatic hydroxyl groups is 1. The summed E-state index contributed by atoms with van der Waals surface area (Å²) in [6, 6.07) is -0.147. The molecule has 96 valence electrons. The van der Waals surface area contributed by atoms with Crippen LogP contribution in [0.25, 0.3) is 0 Å². The van der Waals surface area contributed by atoms with Gasteiger partial charge in [0.1, 0.15) is 0 Å². The van der Waals surface area contributed by atoms with Crippen molar-refractivity contribution in [2.75, 3.05) is 19.7 Å². The minimum Gasteiger partial charge on any atom is -0.396 e. The van der Waals surface area contributed by atoms with Crippen molar-refractivity contribution in [3.63, 3.8) is 0 Å². The van der Waals surface area contributed by atoms with Crippen molar-refractivity contribution in [3.8, 4) is 0 Å². The highest BCUT2D eigenvalue weighted by Gasteiger charge is 2.10. The predicted molar refractivity (Wildman–Crippen MR) is 66.2 cm³/mol. The van der Waals surface area contributed by atoms with Crippen molar-refractivity contribution in [1.82, 2.24) is 10.6 Å². The van der Waals surface area contributed by atoms with Gasteiger partial charge >= 0.3 is 0 Å². The first-order chi connectivity index (χ1) is 7.57. The number of aliphatic hydroxyl groups excluding tert-OH is 1. The molecule has 0 aliphatic heterocycles. The van der Waals surface area contributed by atoms with Crippen LogP contribution in [0.4, 0.5) is 0 Å². The van der Waals surface area contributed by atoms with E-state index in [2.05, 4.69) is 24.5 Å². The zero-order chi connectivity index (χ0) is 12.4.